The largest absolute Gasteiger partial charge is 0.496 e. The van der Waals surface area contributed by atoms with Gasteiger partial charge in [0, 0.05) is 12.8 Å². The fourth-order valence-electron chi connectivity index (χ4n) is 5.59. The van der Waals surface area contributed by atoms with Gasteiger partial charge in [0.25, 0.3) is 0 Å². The third kappa shape index (κ3) is 7.90. The fourth-order valence-corrected chi connectivity index (χ4v) is 5.59. The van der Waals surface area contributed by atoms with Crippen molar-refractivity contribution in [3.8, 4) is 11.8 Å². The van der Waals surface area contributed by atoms with Crippen LogP contribution in [-0.4, -0.2) is 31.0 Å². The van der Waals surface area contributed by atoms with E-state index in [0.29, 0.717) is 42.9 Å². The van der Waals surface area contributed by atoms with E-state index in [0.717, 1.165) is 28.7 Å². The summed E-state index contributed by atoms with van der Waals surface area (Å²) in [6.45, 7) is 3.27. The molecule has 1 saturated heterocycles. The number of rotatable bonds is 12. The van der Waals surface area contributed by atoms with E-state index in [1.165, 1.54) is 5.56 Å². The maximum Gasteiger partial charge on any atom is 0.198 e. The van der Waals surface area contributed by atoms with Gasteiger partial charge >= 0.3 is 0 Å². The predicted octanol–water partition coefficient (Wildman–Crippen LogP) is 6.85. The number of benzene rings is 4. The van der Waals surface area contributed by atoms with Gasteiger partial charge in [-0.15, -0.1) is 0 Å². The molecule has 0 aliphatic carbocycles. The van der Waals surface area contributed by atoms with E-state index >= 15 is 0 Å². The van der Waals surface area contributed by atoms with Crippen LogP contribution in [0.4, 0.5) is 0 Å². The van der Waals surface area contributed by atoms with Crippen LogP contribution in [0.3, 0.4) is 0 Å². The average molecular weight is 578 g/mol. The zero-order valence-corrected chi connectivity index (χ0v) is 24.9. The first kappa shape index (κ1) is 30.5. The van der Waals surface area contributed by atoms with E-state index in [-0.39, 0.29) is 19.1 Å². The Bertz CT molecular complexity index is 1500. The van der Waals surface area contributed by atoms with Crippen LogP contribution >= 0.6 is 0 Å². The van der Waals surface area contributed by atoms with E-state index in [9.17, 15) is 10.4 Å². The Morgan fingerprint density at radius 3 is 2.16 bits per heavy atom. The van der Waals surface area contributed by atoms with Crippen LogP contribution in [0.15, 0.2) is 97.1 Å². The van der Waals surface area contributed by atoms with E-state index in [1.54, 1.807) is 13.2 Å². The number of aliphatic hydroxyl groups is 1. The third-order valence-corrected chi connectivity index (χ3v) is 7.93. The highest BCUT2D eigenvalue weighted by atomic mass is 16.6. The van der Waals surface area contributed by atoms with Gasteiger partial charge in [-0.05, 0) is 52.8 Å². The van der Waals surface area contributed by atoms with Crippen molar-refractivity contribution in [2.75, 3.05) is 13.7 Å². The number of ether oxygens (including phenoxy) is 4. The molecule has 0 saturated carbocycles. The maximum atomic E-state index is 12.2. The molecule has 0 amide bonds. The van der Waals surface area contributed by atoms with Gasteiger partial charge in [-0.2, -0.15) is 5.26 Å². The first-order valence-electron chi connectivity index (χ1n) is 14.9. The van der Waals surface area contributed by atoms with Gasteiger partial charge in [0.05, 0.1) is 56.3 Å². The normalized spacial score (nSPS) is 20.0. The minimum Gasteiger partial charge on any atom is -0.496 e. The third-order valence-electron chi connectivity index (χ3n) is 7.93. The quantitative estimate of drug-likeness (QED) is 0.198. The van der Waals surface area contributed by atoms with Crippen molar-refractivity contribution in [3.63, 3.8) is 0 Å². The molecule has 1 N–H and O–H groups in total. The Kier molecular flexibility index (Phi) is 10.2. The second-order valence-corrected chi connectivity index (χ2v) is 11.1. The average Bonchev–Trinajstić information content (AvgIpc) is 3.05. The van der Waals surface area contributed by atoms with Crippen LogP contribution in [0, 0.1) is 11.3 Å². The minimum atomic E-state index is -1.71. The molecule has 4 aromatic rings. The lowest BCUT2D eigenvalue weighted by molar-refractivity contribution is -0.294. The van der Waals surface area contributed by atoms with Crippen LogP contribution in [-0.2, 0) is 46.1 Å². The summed E-state index contributed by atoms with van der Waals surface area (Å²) in [5.41, 5.74) is 6.24. The fraction of sp³-hybridized carbons (Fsp3) is 0.324. The van der Waals surface area contributed by atoms with E-state index in [1.807, 2.05) is 66.7 Å². The van der Waals surface area contributed by atoms with Crippen molar-refractivity contribution in [1.29, 1.82) is 5.26 Å². The molecular formula is C37H39NO5. The number of aryl methyl sites for hydroxylation is 1. The smallest absolute Gasteiger partial charge is 0.198 e. The molecule has 1 fully saturated rings. The van der Waals surface area contributed by atoms with E-state index in [2.05, 4.69) is 37.3 Å². The van der Waals surface area contributed by atoms with Gasteiger partial charge in [0.15, 0.2) is 5.79 Å². The van der Waals surface area contributed by atoms with Crippen LogP contribution < -0.4 is 4.74 Å². The summed E-state index contributed by atoms with van der Waals surface area (Å²) < 4.78 is 24.5. The lowest BCUT2D eigenvalue weighted by atomic mass is 9.88. The van der Waals surface area contributed by atoms with Crippen molar-refractivity contribution < 1.29 is 24.1 Å². The number of methoxy groups -OCH3 is 1. The summed E-state index contributed by atoms with van der Waals surface area (Å²) >= 11 is 0. The molecule has 4 aromatic carbocycles. The SMILES string of the molecule is CCc1ccc(Cc2cc(C3(O)CC(OCc4ccccc4)CC(COCc4ccccc4)O3)c(OC)cc2C#N)cc1. The first-order valence-corrected chi connectivity index (χ1v) is 14.9. The molecule has 0 aromatic heterocycles. The second kappa shape index (κ2) is 14.5. The molecule has 0 radical (unpaired) electrons. The number of nitriles is 1. The Balaban J connectivity index is 1.42. The van der Waals surface area contributed by atoms with Gasteiger partial charge in [0.1, 0.15) is 5.75 Å². The van der Waals surface area contributed by atoms with Gasteiger partial charge in [0.2, 0.25) is 0 Å². The molecule has 0 bridgehead atoms. The molecule has 1 aliphatic rings. The summed E-state index contributed by atoms with van der Waals surface area (Å²) in [5.74, 6) is -1.31. The summed E-state index contributed by atoms with van der Waals surface area (Å²) in [6, 6.07) is 34.2. The highest BCUT2D eigenvalue weighted by Crippen LogP contribution is 2.42. The maximum absolute atomic E-state index is 12.2. The van der Waals surface area contributed by atoms with Crippen LogP contribution in [0.1, 0.15) is 58.7 Å². The molecule has 3 atom stereocenters. The monoisotopic (exact) mass is 577 g/mol. The molecule has 1 heterocycles. The Hall–Kier alpha value is -3.99. The van der Waals surface area contributed by atoms with Crippen molar-refractivity contribution in [2.24, 2.45) is 0 Å². The summed E-state index contributed by atoms with van der Waals surface area (Å²) in [4.78, 5) is 0. The van der Waals surface area contributed by atoms with Gasteiger partial charge in [-0.25, -0.2) is 0 Å². The van der Waals surface area contributed by atoms with Gasteiger partial charge in [-0.3, -0.25) is 0 Å². The van der Waals surface area contributed by atoms with Crippen molar-refractivity contribution in [2.45, 2.75) is 63.8 Å². The molecule has 5 rings (SSSR count). The lowest BCUT2D eigenvalue weighted by Gasteiger charge is -2.42. The molecule has 6 heteroatoms. The topological polar surface area (TPSA) is 80.9 Å². The second-order valence-electron chi connectivity index (χ2n) is 11.1. The van der Waals surface area contributed by atoms with Gasteiger partial charge < -0.3 is 24.1 Å². The molecule has 222 valence electrons. The molecule has 1 aliphatic heterocycles. The lowest BCUT2D eigenvalue weighted by Crippen LogP contribution is -2.46. The molecule has 0 spiro atoms. The Morgan fingerprint density at radius 2 is 1.53 bits per heavy atom. The van der Waals surface area contributed by atoms with Crippen LogP contribution in [0.25, 0.3) is 0 Å². The number of hydrogen-bond donors (Lipinski definition) is 1. The molecule has 6 nitrogen and oxygen atoms in total. The molecular weight excluding hydrogens is 538 g/mol. The van der Waals surface area contributed by atoms with Crippen molar-refractivity contribution in [1.82, 2.24) is 0 Å². The summed E-state index contributed by atoms with van der Waals surface area (Å²) in [7, 11) is 1.54. The van der Waals surface area contributed by atoms with Crippen LogP contribution in [0.5, 0.6) is 5.75 Å². The standard InChI is InChI=1S/C37H39NO5/c1-3-27-14-16-28(17-15-27)18-31-19-35(36(40-2)20-32(31)23-38)37(39)22-33(42-25-30-12-8-5-9-13-30)21-34(43-37)26-41-24-29-10-6-4-7-11-29/h4-17,19-20,33-34,39H,3,18,21-22,24-26H2,1-2H3. The van der Waals surface area contributed by atoms with Crippen molar-refractivity contribution >= 4 is 0 Å². The highest BCUT2D eigenvalue weighted by Gasteiger charge is 2.44. The summed E-state index contributed by atoms with van der Waals surface area (Å²) in [5, 5.41) is 22.2. The van der Waals surface area contributed by atoms with Crippen molar-refractivity contribution in [3.05, 3.63) is 136 Å². The number of nitrogens with zero attached hydrogens (tertiary/aromatic N) is 1. The van der Waals surface area contributed by atoms with Gasteiger partial charge in [-0.1, -0.05) is 91.9 Å². The molecule has 3 unspecified atom stereocenters. The first-order chi connectivity index (χ1) is 21.0. The predicted molar refractivity (Wildman–Crippen MR) is 165 cm³/mol. The Labute approximate surface area is 254 Å². The highest BCUT2D eigenvalue weighted by molar-refractivity contribution is 5.51. The zero-order chi connectivity index (χ0) is 30.1. The summed E-state index contributed by atoms with van der Waals surface area (Å²) in [6.07, 6.45) is 1.56. The zero-order valence-electron chi connectivity index (χ0n) is 24.9. The van der Waals surface area contributed by atoms with E-state index in [4.69, 9.17) is 18.9 Å². The molecule has 43 heavy (non-hydrogen) atoms. The number of hydrogen-bond acceptors (Lipinski definition) is 6. The van der Waals surface area contributed by atoms with Crippen LogP contribution in [0.2, 0.25) is 0 Å². The van der Waals surface area contributed by atoms with E-state index < -0.39 is 11.9 Å². The Morgan fingerprint density at radius 1 is 0.884 bits per heavy atom. The minimum absolute atomic E-state index is 0.210.